The lowest BCUT2D eigenvalue weighted by Crippen LogP contribution is -2.23. The molecule has 0 aliphatic rings. The van der Waals surface area contributed by atoms with Crippen LogP contribution in [0.3, 0.4) is 0 Å². The van der Waals surface area contributed by atoms with E-state index in [9.17, 15) is 0 Å². The fourth-order valence-corrected chi connectivity index (χ4v) is 1.41. The van der Waals surface area contributed by atoms with E-state index in [0.717, 1.165) is 12.1 Å². The van der Waals surface area contributed by atoms with E-state index in [1.807, 2.05) is 6.92 Å². The molecule has 2 heteroatoms. The van der Waals surface area contributed by atoms with E-state index in [0.29, 0.717) is 6.04 Å². The Morgan fingerprint density at radius 3 is 2.27 bits per heavy atom. The molecule has 0 amide bonds. The molecule has 0 saturated carbocycles. The van der Waals surface area contributed by atoms with Crippen molar-refractivity contribution in [1.82, 2.24) is 5.32 Å². The molecular formula is C13H26N2. The molecule has 0 aromatic carbocycles. The van der Waals surface area contributed by atoms with E-state index < -0.39 is 0 Å². The van der Waals surface area contributed by atoms with Crippen LogP contribution in [0, 0.1) is 0 Å². The molecule has 15 heavy (non-hydrogen) atoms. The Hall–Kier alpha value is -0.790. The second-order valence-corrected chi connectivity index (χ2v) is 5.20. The van der Waals surface area contributed by atoms with Crippen LogP contribution >= 0.6 is 0 Å². The molecule has 0 aromatic rings. The van der Waals surface area contributed by atoms with Gasteiger partial charge in [-0.3, -0.25) is 4.99 Å². The van der Waals surface area contributed by atoms with Gasteiger partial charge in [0.05, 0.1) is 5.54 Å². The number of hydrogen-bond acceptors (Lipinski definition) is 2. The molecule has 1 atom stereocenters. The van der Waals surface area contributed by atoms with Crippen LogP contribution in [0.2, 0.25) is 0 Å². The summed E-state index contributed by atoms with van der Waals surface area (Å²) in [6.45, 7) is 14.8. The van der Waals surface area contributed by atoms with Gasteiger partial charge in [-0.15, -0.1) is 0 Å². The molecule has 0 spiro atoms. The number of rotatable bonds is 4. The zero-order valence-electron chi connectivity index (χ0n) is 11.3. The number of nitrogens with zero attached hydrogens (tertiary/aromatic N) is 1. The average molecular weight is 210 g/mol. The predicted molar refractivity (Wildman–Crippen MR) is 69.5 cm³/mol. The van der Waals surface area contributed by atoms with Crippen LogP contribution in [-0.2, 0) is 0 Å². The quantitative estimate of drug-likeness (QED) is 0.705. The lowest BCUT2D eigenvalue weighted by atomic mass is 10.1. The van der Waals surface area contributed by atoms with Crippen LogP contribution < -0.4 is 5.32 Å². The normalized spacial score (nSPS) is 16.5. The lowest BCUT2D eigenvalue weighted by Gasteiger charge is -2.15. The van der Waals surface area contributed by atoms with Crippen molar-refractivity contribution in [2.75, 3.05) is 0 Å². The van der Waals surface area contributed by atoms with Crippen molar-refractivity contribution < 1.29 is 0 Å². The van der Waals surface area contributed by atoms with E-state index in [4.69, 9.17) is 0 Å². The Kier molecular flexibility index (Phi) is 5.63. The number of aliphatic imine (C=N–C) groups is 1. The summed E-state index contributed by atoms with van der Waals surface area (Å²) >= 11 is 0. The Morgan fingerprint density at radius 1 is 1.33 bits per heavy atom. The molecule has 1 unspecified atom stereocenters. The molecule has 0 aliphatic heterocycles. The average Bonchev–Trinajstić information content (AvgIpc) is 1.99. The second-order valence-electron chi connectivity index (χ2n) is 5.20. The number of allylic oxidation sites excluding steroid dienone is 2. The molecule has 0 saturated heterocycles. The first kappa shape index (κ1) is 14.2. The second kappa shape index (κ2) is 5.94. The van der Waals surface area contributed by atoms with Gasteiger partial charge in [0.25, 0.3) is 0 Å². The van der Waals surface area contributed by atoms with Gasteiger partial charge >= 0.3 is 0 Å². The molecule has 0 aromatic heterocycles. The molecular weight excluding hydrogens is 184 g/mol. The van der Waals surface area contributed by atoms with Gasteiger partial charge in [-0.2, -0.15) is 0 Å². The Balaban J connectivity index is 4.42. The highest BCUT2D eigenvalue weighted by atomic mass is 14.9. The molecule has 0 heterocycles. The van der Waals surface area contributed by atoms with Gasteiger partial charge in [0.1, 0.15) is 0 Å². The SMILES string of the molecule is CCC(C)N/C(C)=C\C(C)=N\C(C)(C)C. The smallest absolute Gasteiger partial charge is 0.0527 e. The largest absolute Gasteiger partial charge is 0.386 e. The lowest BCUT2D eigenvalue weighted by molar-refractivity contribution is 0.583. The first-order valence-corrected chi connectivity index (χ1v) is 5.76. The molecule has 0 radical (unpaired) electrons. The summed E-state index contributed by atoms with van der Waals surface area (Å²) in [5, 5.41) is 3.43. The van der Waals surface area contributed by atoms with E-state index >= 15 is 0 Å². The molecule has 88 valence electrons. The Morgan fingerprint density at radius 2 is 1.87 bits per heavy atom. The third-order valence-electron chi connectivity index (χ3n) is 2.02. The summed E-state index contributed by atoms with van der Waals surface area (Å²) in [5.41, 5.74) is 2.28. The standard InChI is InChI=1S/C13H26N2/c1-8-10(2)14-11(3)9-12(4)15-13(5,6)7/h9-10,14H,8H2,1-7H3/b11-9-,15-12+. The summed E-state index contributed by atoms with van der Waals surface area (Å²) < 4.78 is 0. The van der Waals surface area contributed by atoms with Crippen LogP contribution in [0.5, 0.6) is 0 Å². The first-order valence-electron chi connectivity index (χ1n) is 5.76. The van der Waals surface area contributed by atoms with Crippen LogP contribution in [0.15, 0.2) is 16.8 Å². The van der Waals surface area contributed by atoms with Crippen molar-refractivity contribution in [2.45, 2.75) is 66.5 Å². The minimum absolute atomic E-state index is 0.0111. The van der Waals surface area contributed by atoms with Gasteiger partial charge in [-0.25, -0.2) is 0 Å². The minimum atomic E-state index is 0.0111. The zero-order valence-corrected chi connectivity index (χ0v) is 11.3. The van der Waals surface area contributed by atoms with Gasteiger partial charge in [0, 0.05) is 17.5 Å². The van der Waals surface area contributed by atoms with Gasteiger partial charge in [-0.05, 0) is 54.0 Å². The van der Waals surface area contributed by atoms with Crippen molar-refractivity contribution in [3.05, 3.63) is 11.8 Å². The van der Waals surface area contributed by atoms with E-state index in [2.05, 4.69) is 57.9 Å². The molecule has 0 aliphatic carbocycles. The fraction of sp³-hybridized carbons (Fsp3) is 0.769. The molecule has 0 fully saturated rings. The minimum Gasteiger partial charge on any atom is -0.386 e. The van der Waals surface area contributed by atoms with Crippen LogP contribution in [-0.4, -0.2) is 17.3 Å². The maximum atomic E-state index is 4.58. The van der Waals surface area contributed by atoms with Gasteiger partial charge < -0.3 is 5.32 Å². The third kappa shape index (κ3) is 8.22. The molecule has 0 bridgehead atoms. The fourth-order valence-electron chi connectivity index (χ4n) is 1.41. The maximum absolute atomic E-state index is 4.58. The number of nitrogens with one attached hydrogen (secondary N) is 1. The monoisotopic (exact) mass is 210 g/mol. The first-order chi connectivity index (χ1) is 6.74. The van der Waals surface area contributed by atoms with Crippen molar-refractivity contribution in [3.63, 3.8) is 0 Å². The van der Waals surface area contributed by atoms with Crippen LogP contribution in [0.4, 0.5) is 0 Å². The van der Waals surface area contributed by atoms with Gasteiger partial charge in [-0.1, -0.05) is 6.92 Å². The summed E-state index contributed by atoms with van der Waals surface area (Å²) in [7, 11) is 0. The predicted octanol–water partition coefficient (Wildman–Crippen LogP) is 3.54. The Labute approximate surface area is 94.9 Å². The van der Waals surface area contributed by atoms with E-state index in [1.54, 1.807) is 0 Å². The van der Waals surface area contributed by atoms with Gasteiger partial charge in [0.15, 0.2) is 0 Å². The summed E-state index contributed by atoms with van der Waals surface area (Å²) in [6.07, 6.45) is 3.25. The zero-order chi connectivity index (χ0) is 12.1. The topological polar surface area (TPSA) is 24.4 Å². The van der Waals surface area contributed by atoms with Crippen LogP contribution in [0.1, 0.15) is 54.9 Å². The van der Waals surface area contributed by atoms with Crippen LogP contribution in [0.25, 0.3) is 0 Å². The summed E-state index contributed by atoms with van der Waals surface area (Å²) in [5.74, 6) is 0. The summed E-state index contributed by atoms with van der Waals surface area (Å²) in [6, 6.07) is 0.531. The van der Waals surface area contributed by atoms with Crippen molar-refractivity contribution >= 4 is 5.71 Å². The van der Waals surface area contributed by atoms with E-state index in [1.165, 1.54) is 5.70 Å². The molecule has 2 nitrogen and oxygen atoms in total. The van der Waals surface area contributed by atoms with Gasteiger partial charge in [0.2, 0.25) is 0 Å². The summed E-state index contributed by atoms with van der Waals surface area (Å²) in [4.78, 5) is 4.58. The highest BCUT2D eigenvalue weighted by Crippen LogP contribution is 2.07. The maximum Gasteiger partial charge on any atom is 0.0527 e. The highest BCUT2D eigenvalue weighted by Gasteiger charge is 2.06. The number of hydrogen-bond donors (Lipinski definition) is 1. The van der Waals surface area contributed by atoms with E-state index in [-0.39, 0.29) is 5.54 Å². The third-order valence-corrected chi connectivity index (χ3v) is 2.02. The van der Waals surface area contributed by atoms with Crippen molar-refractivity contribution in [1.29, 1.82) is 0 Å². The van der Waals surface area contributed by atoms with Crippen molar-refractivity contribution in [2.24, 2.45) is 4.99 Å². The molecule has 0 rings (SSSR count). The highest BCUT2D eigenvalue weighted by molar-refractivity contribution is 5.93. The van der Waals surface area contributed by atoms with Crippen molar-refractivity contribution in [3.8, 4) is 0 Å². The molecule has 1 N–H and O–H groups in total. The Bertz CT molecular complexity index is 244.